The van der Waals surface area contributed by atoms with Gasteiger partial charge in [0.1, 0.15) is 5.75 Å². The summed E-state index contributed by atoms with van der Waals surface area (Å²) < 4.78 is 7.39. The number of ether oxygens (including phenoxy) is 1. The largest absolute Gasteiger partial charge is 0.438 e. The maximum absolute atomic E-state index is 11.3. The van der Waals surface area contributed by atoms with Gasteiger partial charge in [-0.3, -0.25) is 4.79 Å². The second kappa shape index (κ2) is 5.63. The van der Waals surface area contributed by atoms with E-state index in [4.69, 9.17) is 4.74 Å². The SMILES string of the molecule is CC(=O)c1ccnc(Oc2ccc(Br)cc2Br)c1. The summed E-state index contributed by atoms with van der Waals surface area (Å²) in [5.41, 5.74) is 0.577. The standard InChI is InChI=1S/C13H9Br2NO2/c1-8(17)9-4-5-16-13(6-9)18-12-3-2-10(14)7-11(12)15/h2-7H,1H3. The highest BCUT2D eigenvalue weighted by atomic mass is 79.9. The number of Topliss-reactive ketones (excluding diaryl/α,β-unsaturated/α-hetero) is 1. The molecule has 0 bridgehead atoms. The van der Waals surface area contributed by atoms with Gasteiger partial charge in [-0.1, -0.05) is 15.9 Å². The Balaban J connectivity index is 2.28. The first-order valence-electron chi connectivity index (χ1n) is 5.16. The van der Waals surface area contributed by atoms with Crippen LogP contribution in [0.2, 0.25) is 0 Å². The van der Waals surface area contributed by atoms with Gasteiger partial charge in [0.05, 0.1) is 4.47 Å². The minimum Gasteiger partial charge on any atom is -0.438 e. The molecule has 0 N–H and O–H groups in total. The molecule has 0 saturated heterocycles. The predicted octanol–water partition coefficient (Wildman–Crippen LogP) is 4.60. The van der Waals surface area contributed by atoms with E-state index in [0.29, 0.717) is 17.2 Å². The van der Waals surface area contributed by atoms with Crippen LogP contribution in [0.4, 0.5) is 0 Å². The van der Waals surface area contributed by atoms with Gasteiger partial charge in [-0.05, 0) is 47.1 Å². The lowest BCUT2D eigenvalue weighted by Crippen LogP contribution is -1.95. The average Bonchev–Trinajstić information content (AvgIpc) is 2.33. The number of carbonyl (C=O) groups excluding carboxylic acids is 1. The molecule has 3 nitrogen and oxygen atoms in total. The number of rotatable bonds is 3. The van der Waals surface area contributed by atoms with Gasteiger partial charge < -0.3 is 4.74 Å². The Hall–Kier alpha value is -1.20. The van der Waals surface area contributed by atoms with Crippen molar-refractivity contribution in [2.24, 2.45) is 0 Å². The van der Waals surface area contributed by atoms with E-state index in [1.165, 1.54) is 6.92 Å². The second-order valence-electron chi connectivity index (χ2n) is 3.62. The highest BCUT2D eigenvalue weighted by molar-refractivity contribution is 9.11. The van der Waals surface area contributed by atoms with Crippen LogP contribution in [0, 0.1) is 0 Å². The van der Waals surface area contributed by atoms with Crippen LogP contribution >= 0.6 is 31.9 Å². The summed E-state index contributed by atoms with van der Waals surface area (Å²) in [6, 6.07) is 8.85. The quantitative estimate of drug-likeness (QED) is 0.741. The molecule has 0 saturated carbocycles. The van der Waals surface area contributed by atoms with Gasteiger partial charge in [-0.15, -0.1) is 0 Å². The van der Waals surface area contributed by atoms with E-state index in [9.17, 15) is 4.79 Å². The molecular formula is C13H9Br2NO2. The fourth-order valence-corrected chi connectivity index (χ4v) is 2.48. The van der Waals surface area contributed by atoms with Crippen molar-refractivity contribution in [1.29, 1.82) is 0 Å². The lowest BCUT2D eigenvalue weighted by atomic mass is 10.2. The van der Waals surface area contributed by atoms with E-state index in [0.717, 1.165) is 8.95 Å². The molecule has 1 heterocycles. The predicted molar refractivity (Wildman–Crippen MR) is 76.2 cm³/mol. The van der Waals surface area contributed by atoms with Gasteiger partial charge in [0.15, 0.2) is 5.78 Å². The van der Waals surface area contributed by atoms with Crippen LogP contribution in [0.25, 0.3) is 0 Å². The third-order valence-corrected chi connectivity index (χ3v) is 3.36. The number of pyridine rings is 1. The Bertz CT molecular complexity index is 599. The maximum Gasteiger partial charge on any atom is 0.219 e. The lowest BCUT2D eigenvalue weighted by molar-refractivity contribution is 0.101. The number of benzene rings is 1. The summed E-state index contributed by atoms with van der Waals surface area (Å²) in [5.74, 6) is 1.02. The van der Waals surface area contributed by atoms with Gasteiger partial charge in [0.25, 0.3) is 0 Å². The van der Waals surface area contributed by atoms with Crippen LogP contribution in [-0.4, -0.2) is 10.8 Å². The molecule has 0 radical (unpaired) electrons. The fraction of sp³-hybridized carbons (Fsp3) is 0.0769. The number of hydrogen-bond acceptors (Lipinski definition) is 3. The van der Waals surface area contributed by atoms with Crippen LogP contribution in [0.5, 0.6) is 11.6 Å². The summed E-state index contributed by atoms with van der Waals surface area (Å²) in [7, 11) is 0. The number of nitrogens with zero attached hydrogens (tertiary/aromatic N) is 1. The molecule has 0 aliphatic carbocycles. The van der Waals surface area contributed by atoms with E-state index >= 15 is 0 Å². The van der Waals surface area contributed by atoms with Crippen LogP contribution in [0.1, 0.15) is 17.3 Å². The molecular weight excluding hydrogens is 362 g/mol. The summed E-state index contributed by atoms with van der Waals surface area (Å²) >= 11 is 6.77. The molecule has 92 valence electrons. The molecule has 2 rings (SSSR count). The third kappa shape index (κ3) is 3.17. The molecule has 0 aliphatic heterocycles. The molecule has 1 aromatic heterocycles. The van der Waals surface area contributed by atoms with Crippen molar-refractivity contribution in [3.8, 4) is 11.6 Å². The zero-order valence-corrected chi connectivity index (χ0v) is 12.7. The van der Waals surface area contributed by atoms with Crippen LogP contribution < -0.4 is 4.74 Å². The Morgan fingerprint density at radius 2 is 2.00 bits per heavy atom. The van der Waals surface area contributed by atoms with E-state index in [1.54, 1.807) is 18.3 Å². The van der Waals surface area contributed by atoms with Crippen molar-refractivity contribution in [3.63, 3.8) is 0 Å². The minimum atomic E-state index is -0.0166. The van der Waals surface area contributed by atoms with Gasteiger partial charge in [-0.25, -0.2) is 4.98 Å². The van der Waals surface area contributed by atoms with E-state index < -0.39 is 0 Å². The number of hydrogen-bond donors (Lipinski definition) is 0. The molecule has 0 atom stereocenters. The van der Waals surface area contributed by atoms with E-state index in [2.05, 4.69) is 36.8 Å². The van der Waals surface area contributed by atoms with Crippen LogP contribution in [0.15, 0.2) is 45.5 Å². The smallest absolute Gasteiger partial charge is 0.219 e. The molecule has 0 aliphatic rings. The van der Waals surface area contributed by atoms with E-state index in [1.807, 2.05) is 18.2 Å². The molecule has 5 heteroatoms. The first-order chi connectivity index (χ1) is 8.56. The highest BCUT2D eigenvalue weighted by Gasteiger charge is 2.06. The first-order valence-corrected chi connectivity index (χ1v) is 6.75. The second-order valence-corrected chi connectivity index (χ2v) is 5.39. The van der Waals surface area contributed by atoms with Gasteiger partial charge in [-0.2, -0.15) is 0 Å². The normalized spacial score (nSPS) is 10.2. The number of aromatic nitrogens is 1. The van der Waals surface area contributed by atoms with Gasteiger partial charge in [0, 0.05) is 22.3 Å². The minimum absolute atomic E-state index is 0.0166. The van der Waals surface area contributed by atoms with Crippen molar-refractivity contribution in [3.05, 3.63) is 51.0 Å². The summed E-state index contributed by atoms with van der Waals surface area (Å²) in [6.45, 7) is 1.51. The van der Waals surface area contributed by atoms with E-state index in [-0.39, 0.29) is 5.78 Å². The maximum atomic E-state index is 11.3. The van der Waals surface area contributed by atoms with Crippen molar-refractivity contribution >= 4 is 37.6 Å². The van der Waals surface area contributed by atoms with Crippen molar-refractivity contribution in [2.75, 3.05) is 0 Å². The number of carbonyl (C=O) groups is 1. The molecule has 0 fully saturated rings. The van der Waals surface area contributed by atoms with Gasteiger partial charge in [0.2, 0.25) is 5.88 Å². The monoisotopic (exact) mass is 369 g/mol. The zero-order chi connectivity index (χ0) is 13.1. The molecule has 2 aromatic rings. The molecule has 1 aromatic carbocycles. The van der Waals surface area contributed by atoms with Crippen molar-refractivity contribution in [2.45, 2.75) is 6.92 Å². The summed E-state index contributed by atoms with van der Waals surface area (Å²) in [4.78, 5) is 15.3. The summed E-state index contributed by atoms with van der Waals surface area (Å²) in [6.07, 6.45) is 1.55. The van der Waals surface area contributed by atoms with Crippen LogP contribution in [-0.2, 0) is 0 Å². The fourth-order valence-electron chi connectivity index (χ4n) is 1.35. The Labute approximate surface area is 121 Å². The van der Waals surface area contributed by atoms with Gasteiger partial charge >= 0.3 is 0 Å². The topological polar surface area (TPSA) is 39.2 Å². The Kier molecular flexibility index (Phi) is 4.14. The van der Waals surface area contributed by atoms with Crippen molar-refractivity contribution in [1.82, 2.24) is 4.98 Å². The molecule has 0 amide bonds. The highest BCUT2D eigenvalue weighted by Crippen LogP contribution is 2.31. The van der Waals surface area contributed by atoms with Crippen molar-refractivity contribution < 1.29 is 9.53 Å². The third-order valence-electron chi connectivity index (χ3n) is 2.25. The first kappa shape index (κ1) is 13.2. The van der Waals surface area contributed by atoms with Crippen LogP contribution in [0.3, 0.4) is 0 Å². The molecule has 0 unspecified atom stereocenters. The molecule has 18 heavy (non-hydrogen) atoms. The zero-order valence-electron chi connectivity index (χ0n) is 9.48. The number of ketones is 1. The summed E-state index contributed by atoms with van der Waals surface area (Å²) in [5, 5.41) is 0. The number of halogens is 2. The Morgan fingerprint density at radius 3 is 2.67 bits per heavy atom. The molecule has 0 spiro atoms. The Morgan fingerprint density at radius 1 is 1.22 bits per heavy atom. The average molecular weight is 371 g/mol. The lowest BCUT2D eigenvalue weighted by Gasteiger charge is -2.07.